The molecule has 1 aliphatic heterocycles. The molecule has 0 bridgehead atoms. The van der Waals surface area contributed by atoms with Crippen molar-refractivity contribution in [3.05, 3.63) is 0 Å². The maximum Gasteiger partial charge on any atom is 0.0674 e. The van der Waals surface area contributed by atoms with Crippen molar-refractivity contribution in [1.29, 1.82) is 0 Å². The summed E-state index contributed by atoms with van der Waals surface area (Å²) in [7, 11) is 1.77. The van der Waals surface area contributed by atoms with Gasteiger partial charge in [-0.15, -0.1) is 0 Å². The number of hydrogen-bond donors (Lipinski definition) is 1. The number of rotatable bonds is 6. The predicted molar refractivity (Wildman–Crippen MR) is 70.4 cm³/mol. The molecule has 4 nitrogen and oxygen atoms in total. The van der Waals surface area contributed by atoms with Crippen molar-refractivity contribution in [2.45, 2.75) is 51.9 Å². The normalized spacial score (nSPS) is 28.6. The van der Waals surface area contributed by atoms with Gasteiger partial charge < -0.3 is 14.8 Å². The van der Waals surface area contributed by atoms with Gasteiger partial charge in [-0.05, 0) is 13.8 Å². The molecule has 1 rings (SSSR count). The van der Waals surface area contributed by atoms with Crippen LogP contribution in [0.15, 0.2) is 0 Å². The zero-order valence-corrected chi connectivity index (χ0v) is 11.9. The highest BCUT2D eigenvalue weighted by Gasteiger charge is 2.29. The van der Waals surface area contributed by atoms with Gasteiger partial charge in [0.15, 0.2) is 0 Å². The van der Waals surface area contributed by atoms with E-state index in [9.17, 15) is 0 Å². The van der Waals surface area contributed by atoms with Gasteiger partial charge in [-0.3, -0.25) is 4.90 Å². The minimum absolute atomic E-state index is 0.324. The Bertz CT molecular complexity index is 212. The third-order valence-corrected chi connectivity index (χ3v) is 3.25. The van der Waals surface area contributed by atoms with Crippen LogP contribution in [-0.4, -0.2) is 62.5 Å². The molecule has 0 aromatic heterocycles. The number of morpholine rings is 1. The summed E-state index contributed by atoms with van der Waals surface area (Å²) in [5.74, 6) is 0. The molecule has 102 valence electrons. The average molecular weight is 244 g/mol. The Morgan fingerprint density at radius 1 is 1.41 bits per heavy atom. The highest BCUT2D eigenvalue weighted by Crippen LogP contribution is 2.15. The maximum atomic E-state index is 5.67. The Labute approximate surface area is 106 Å². The number of ether oxygens (including phenoxy) is 2. The van der Waals surface area contributed by atoms with Crippen molar-refractivity contribution in [3.8, 4) is 0 Å². The molecule has 0 amide bonds. The zero-order chi connectivity index (χ0) is 12.8. The summed E-state index contributed by atoms with van der Waals surface area (Å²) in [6.07, 6.45) is 0.324. The third-order valence-electron chi connectivity index (χ3n) is 3.25. The summed E-state index contributed by atoms with van der Waals surface area (Å²) in [5.41, 5.74) is 0. The minimum atomic E-state index is 0.324. The van der Waals surface area contributed by atoms with Gasteiger partial charge in [0, 0.05) is 38.3 Å². The molecule has 4 heteroatoms. The second-order valence-corrected chi connectivity index (χ2v) is 5.36. The van der Waals surface area contributed by atoms with Crippen molar-refractivity contribution in [3.63, 3.8) is 0 Å². The quantitative estimate of drug-likeness (QED) is 0.759. The van der Waals surface area contributed by atoms with Gasteiger partial charge in [-0.2, -0.15) is 0 Å². The molecule has 0 aromatic carbocycles. The molecule has 17 heavy (non-hydrogen) atoms. The van der Waals surface area contributed by atoms with Crippen LogP contribution in [0.3, 0.4) is 0 Å². The van der Waals surface area contributed by atoms with E-state index in [2.05, 4.69) is 37.9 Å². The monoisotopic (exact) mass is 244 g/mol. The molecule has 1 aliphatic rings. The van der Waals surface area contributed by atoms with Gasteiger partial charge in [0.05, 0.1) is 19.3 Å². The molecular formula is C13H28N2O2. The van der Waals surface area contributed by atoms with E-state index in [1.165, 1.54) is 0 Å². The topological polar surface area (TPSA) is 33.7 Å². The first-order chi connectivity index (χ1) is 8.04. The predicted octanol–water partition coefficient (Wildman–Crippen LogP) is 1.11. The third kappa shape index (κ3) is 4.92. The van der Waals surface area contributed by atoms with Crippen molar-refractivity contribution in [2.75, 3.05) is 33.4 Å². The summed E-state index contributed by atoms with van der Waals surface area (Å²) in [6.45, 7) is 12.3. The molecule has 0 spiro atoms. The van der Waals surface area contributed by atoms with Crippen LogP contribution in [0, 0.1) is 0 Å². The van der Waals surface area contributed by atoms with Gasteiger partial charge in [0.1, 0.15) is 0 Å². The lowest BCUT2D eigenvalue weighted by molar-refractivity contribution is -0.0756. The van der Waals surface area contributed by atoms with Crippen LogP contribution in [0.25, 0.3) is 0 Å². The SMILES string of the molecule is COCC(CNC(C)C)N1CC(C)OCC1C. The van der Waals surface area contributed by atoms with E-state index in [0.717, 1.165) is 26.3 Å². The first-order valence-electron chi connectivity index (χ1n) is 6.64. The molecule has 1 fully saturated rings. The van der Waals surface area contributed by atoms with Crippen molar-refractivity contribution in [1.82, 2.24) is 10.2 Å². The average Bonchev–Trinajstić information content (AvgIpc) is 2.27. The van der Waals surface area contributed by atoms with E-state index in [-0.39, 0.29) is 0 Å². The highest BCUT2D eigenvalue weighted by molar-refractivity contribution is 4.83. The second kappa shape index (κ2) is 7.31. The molecule has 3 unspecified atom stereocenters. The van der Waals surface area contributed by atoms with Gasteiger partial charge in [-0.1, -0.05) is 13.8 Å². The van der Waals surface area contributed by atoms with Crippen molar-refractivity contribution < 1.29 is 9.47 Å². The summed E-state index contributed by atoms with van der Waals surface area (Å²) < 4.78 is 11.0. The van der Waals surface area contributed by atoms with E-state index in [1.807, 2.05) is 0 Å². The lowest BCUT2D eigenvalue weighted by Gasteiger charge is -2.42. The molecular weight excluding hydrogens is 216 g/mol. The lowest BCUT2D eigenvalue weighted by Crippen LogP contribution is -2.56. The number of nitrogens with zero attached hydrogens (tertiary/aromatic N) is 1. The standard InChI is InChI=1S/C13H28N2O2/c1-10(2)14-6-13(9-16-5)15-7-12(4)17-8-11(15)3/h10-14H,6-9H2,1-5H3. The molecule has 0 radical (unpaired) electrons. The van der Waals surface area contributed by atoms with E-state index in [0.29, 0.717) is 24.2 Å². The first-order valence-corrected chi connectivity index (χ1v) is 6.64. The van der Waals surface area contributed by atoms with Crippen LogP contribution < -0.4 is 5.32 Å². The van der Waals surface area contributed by atoms with Gasteiger partial charge >= 0.3 is 0 Å². The first kappa shape index (κ1) is 14.9. The van der Waals surface area contributed by atoms with Gasteiger partial charge in [0.2, 0.25) is 0 Å². The summed E-state index contributed by atoms with van der Waals surface area (Å²) in [6, 6.07) is 1.42. The fraction of sp³-hybridized carbons (Fsp3) is 1.00. The van der Waals surface area contributed by atoms with E-state index < -0.39 is 0 Å². The summed E-state index contributed by atoms with van der Waals surface area (Å²) in [4.78, 5) is 2.51. The van der Waals surface area contributed by atoms with Crippen LogP contribution in [0.4, 0.5) is 0 Å². The number of nitrogens with one attached hydrogen (secondary N) is 1. The van der Waals surface area contributed by atoms with Gasteiger partial charge in [-0.25, -0.2) is 0 Å². The Morgan fingerprint density at radius 2 is 2.12 bits per heavy atom. The number of hydrogen-bond acceptors (Lipinski definition) is 4. The Morgan fingerprint density at radius 3 is 2.71 bits per heavy atom. The van der Waals surface area contributed by atoms with E-state index >= 15 is 0 Å². The fourth-order valence-electron chi connectivity index (χ4n) is 2.27. The molecule has 1 heterocycles. The lowest BCUT2D eigenvalue weighted by atomic mass is 10.1. The zero-order valence-electron chi connectivity index (χ0n) is 11.9. The van der Waals surface area contributed by atoms with Crippen molar-refractivity contribution >= 4 is 0 Å². The molecule has 1 N–H and O–H groups in total. The van der Waals surface area contributed by atoms with Crippen LogP contribution in [0.5, 0.6) is 0 Å². The molecule has 0 saturated carbocycles. The van der Waals surface area contributed by atoms with Crippen LogP contribution in [0.2, 0.25) is 0 Å². The Hall–Kier alpha value is -0.160. The molecule has 0 aliphatic carbocycles. The summed E-state index contributed by atoms with van der Waals surface area (Å²) in [5, 5.41) is 3.50. The molecule has 1 saturated heterocycles. The number of methoxy groups -OCH3 is 1. The smallest absolute Gasteiger partial charge is 0.0674 e. The van der Waals surface area contributed by atoms with Gasteiger partial charge in [0.25, 0.3) is 0 Å². The van der Waals surface area contributed by atoms with E-state index in [1.54, 1.807) is 7.11 Å². The molecule has 3 atom stereocenters. The summed E-state index contributed by atoms with van der Waals surface area (Å²) >= 11 is 0. The minimum Gasteiger partial charge on any atom is -0.383 e. The van der Waals surface area contributed by atoms with Crippen LogP contribution in [0.1, 0.15) is 27.7 Å². The largest absolute Gasteiger partial charge is 0.383 e. The highest BCUT2D eigenvalue weighted by atomic mass is 16.5. The Balaban J connectivity index is 2.53. The molecule has 0 aromatic rings. The van der Waals surface area contributed by atoms with Crippen molar-refractivity contribution in [2.24, 2.45) is 0 Å². The maximum absolute atomic E-state index is 5.67. The fourth-order valence-corrected chi connectivity index (χ4v) is 2.27. The van der Waals surface area contributed by atoms with E-state index in [4.69, 9.17) is 9.47 Å². The Kier molecular flexibility index (Phi) is 6.41. The second-order valence-electron chi connectivity index (χ2n) is 5.36. The van der Waals surface area contributed by atoms with Crippen LogP contribution >= 0.6 is 0 Å². The van der Waals surface area contributed by atoms with Crippen LogP contribution in [-0.2, 0) is 9.47 Å².